The lowest BCUT2D eigenvalue weighted by molar-refractivity contribution is 0.512. The Balaban J connectivity index is 2.50. The third kappa shape index (κ3) is 2.74. The molecular formula is C16H28N4. The summed E-state index contributed by atoms with van der Waals surface area (Å²) in [5, 5.41) is 3.38. The quantitative estimate of drug-likeness (QED) is 0.910. The number of hydrogen-bond acceptors (Lipinski definition) is 4. The Morgan fingerprint density at radius 3 is 2.50 bits per heavy atom. The second-order valence-corrected chi connectivity index (χ2v) is 6.63. The minimum Gasteiger partial charge on any atom is -0.370 e. The third-order valence-corrected chi connectivity index (χ3v) is 4.15. The summed E-state index contributed by atoms with van der Waals surface area (Å²) in [6.07, 6.45) is 2.47. The van der Waals surface area contributed by atoms with Crippen LogP contribution in [0, 0.1) is 6.92 Å². The molecule has 0 saturated carbocycles. The third-order valence-electron chi connectivity index (χ3n) is 4.15. The smallest absolute Gasteiger partial charge is 0.137 e. The van der Waals surface area contributed by atoms with E-state index in [-0.39, 0.29) is 5.54 Å². The highest BCUT2D eigenvalue weighted by molar-refractivity contribution is 5.60. The van der Waals surface area contributed by atoms with E-state index in [1.165, 1.54) is 18.4 Å². The van der Waals surface area contributed by atoms with Crippen molar-refractivity contribution in [1.82, 2.24) is 9.97 Å². The van der Waals surface area contributed by atoms with Gasteiger partial charge in [-0.1, -0.05) is 13.8 Å². The lowest BCUT2D eigenvalue weighted by Crippen LogP contribution is -2.39. The minimum absolute atomic E-state index is 0.191. The molecular weight excluding hydrogens is 248 g/mol. The van der Waals surface area contributed by atoms with Crippen LogP contribution in [-0.2, 0) is 0 Å². The molecule has 1 saturated heterocycles. The van der Waals surface area contributed by atoms with Crippen LogP contribution < -0.4 is 10.2 Å². The van der Waals surface area contributed by atoms with E-state index in [1.807, 2.05) is 0 Å². The summed E-state index contributed by atoms with van der Waals surface area (Å²) in [7, 11) is 0. The summed E-state index contributed by atoms with van der Waals surface area (Å²) in [4.78, 5) is 12.0. The first-order chi connectivity index (χ1) is 9.36. The molecule has 0 aliphatic carbocycles. The van der Waals surface area contributed by atoms with Crippen molar-refractivity contribution in [2.24, 2.45) is 0 Å². The highest BCUT2D eigenvalue weighted by Crippen LogP contribution is 2.36. The fourth-order valence-corrected chi connectivity index (χ4v) is 2.88. The zero-order chi connectivity index (χ0) is 14.9. The number of nitrogens with one attached hydrogen (secondary N) is 1. The molecule has 2 heterocycles. The van der Waals surface area contributed by atoms with Crippen molar-refractivity contribution < 1.29 is 0 Å². The summed E-state index contributed by atoms with van der Waals surface area (Å²) < 4.78 is 0. The van der Waals surface area contributed by atoms with E-state index in [2.05, 4.69) is 51.8 Å². The molecule has 1 N–H and O–H groups in total. The van der Waals surface area contributed by atoms with E-state index in [9.17, 15) is 0 Å². The first-order valence-corrected chi connectivity index (χ1v) is 7.77. The molecule has 4 nitrogen and oxygen atoms in total. The van der Waals surface area contributed by atoms with Gasteiger partial charge in [-0.3, -0.25) is 0 Å². The van der Waals surface area contributed by atoms with Crippen LogP contribution in [0.2, 0.25) is 0 Å². The fraction of sp³-hybridized carbons (Fsp3) is 0.750. The van der Waals surface area contributed by atoms with Gasteiger partial charge in [0, 0.05) is 30.1 Å². The van der Waals surface area contributed by atoms with Crippen molar-refractivity contribution in [2.75, 3.05) is 23.3 Å². The predicted octanol–water partition coefficient (Wildman–Crippen LogP) is 3.72. The molecule has 20 heavy (non-hydrogen) atoms. The van der Waals surface area contributed by atoms with Gasteiger partial charge in [-0.15, -0.1) is 0 Å². The lowest BCUT2D eigenvalue weighted by Gasteiger charge is -2.34. The Morgan fingerprint density at radius 2 is 2.00 bits per heavy atom. The van der Waals surface area contributed by atoms with E-state index >= 15 is 0 Å². The first kappa shape index (κ1) is 15.1. The molecule has 0 spiro atoms. The van der Waals surface area contributed by atoms with Gasteiger partial charge in [0.1, 0.15) is 17.5 Å². The van der Waals surface area contributed by atoms with Crippen molar-refractivity contribution >= 4 is 11.6 Å². The van der Waals surface area contributed by atoms with E-state index in [0.29, 0.717) is 5.92 Å². The highest BCUT2D eigenvalue weighted by Gasteiger charge is 2.34. The van der Waals surface area contributed by atoms with Crippen LogP contribution >= 0.6 is 0 Å². The van der Waals surface area contributed by atoms with Crippen LogP contribution in [0.25, 0.3) is 0 Å². The van der Waals surface area contributed by atoms with Crippen molar-refractivity contribution in [2.45, 2.75) is 65.8 Å². The molecule has 1 aliphatic rings. The Hall–Kier alpha value is -1.32. The highest BCUT2D eigenvalue weighted by atomic mass is 15.3. The summed E-state index contributed by atoms with van der Waals surface area (Å²) >= 11 is 0. The van der Waals surface area contributed by atoms with E-state index in [4.69, 9.17) is 9.97 Å². The average molecular weight is 276 g/mol. The van der Waals surface area contributed by atoms with Crippen molar-refractivity contribution in [1.29, 1.82) is 0 Å². The van der Waals surface area contributed by atoms with Crippen LogP contribution in [0.5, 0.6) is 0 Å². The standard InChI is InChI=1S/C16H28N4/c1-7-17-14-12(4)15(19-13(18-14)11(2)3)20-10-8-9-16(20,5)6/h11H,7-10H2,1-6H3,(H,17,18,19). The Labute approximate surface area is 123 Å². The van der Waals surface area contributed by atoms with Gasteiger partial charge in [0.15, 0.2) is 0 Å². The van der Waals surface area contributed by atoms with Gasteiger partial charge in [0.2, 0.25) is 0 Å². The van der Waals surface area contributed by atoms with Gasteiger partial charge in [-0.05, 0) is 40.5 Å². The second-order valence-electron chi connectivity index (χ2n) is 6.63. The van der Waals surface area contributed by atoms with Gasteiger partial charge in [0.25, 0.3) is 0 Å². The predicted molar refractivity (Wildman–Crippen MR) is 85.7 cm³/mol. The van der Waals surface area contributed by atoms with Crippen LogP contribution in [0.4, 0.5) is 11.6 Å². The number of rotatable bonds is 4. The first-order valence-electron chi connectivity index (χ1n) is 7.77. The monoisotopic (exact) mass is 276 g/mol. The molecule has 4 heteroatoms. The topological polar surface area (TPSA) is 41.1 Å². The van der Waals surface area contributed by atoms with Gasteiger partial charge in [-0.2, -0.15) is 0 Å². The van der Waals surface area contributed by atoms with Crippen LogP contribution in [0.15, 0.2) is 0 Å². The van der Waals surface area contributed by atoms with Crippen LogP contribution in [0.3, 0.4) is 0 Å². The van der Waals surface area contributed by atoms with E-state index < -0.39 is 0 Å². The minimum atomic E-state index is 0.191. The molecule has 0 aromatic carbocycles. The summed E-state index contributed by atoms with van der Waals surface area (Å²) in [5.74, 6) is 3.38. The number of anilines is 2. The molecule has 0 amide bonds. The number of aromatic nitrogens is 2. The Bertz CT molecular complexity index is 480. The lowest BCUT2D eigenvalue weighted by atomic mass is 10.0. The molecule has 112 valence electrons. The van der Waals surface area contributed by atoms with Crippen LogP contribution in [0.1, 0.15) is 64.8 Å². The van der Waals surface area contributed by atoms with E-state index in [0.717, 1.165) is 30.5 Å². The molecule has 2 rings (SSSR count). The zero-order valence-electron chi connectivity index (χ0n) is 13.7. The second kappa shape index (κ2) is 5.58. The summed E-state index contributed by atoms with van der Waals surface area (Å²) in [6.45, 7) is 15.1. The normalized spacial score (nSPS) is 17.9. The molecule has 1 fully saturated rings. The molecule has 0 atom stereocenters. The number of nitrogens with zero attached hydrogens (tertiary/aromatic N) is 3. The molecule has 1 aliphatic heterocycles. The average Bonchev–Trinajstić information content (AvgIpc) is 2.71. The maximum absolute atomic E-state index is 4.87. The Morgan fingerprint density at radius 1 is 1.30 bits per heavy atom. The SMILES string of the molecule is CCNc1nc(C(C)C)nc(N2CCCC2(C)C)c1C. The van der Waals surface area contributed by atoms with Gasteiger partial charge >= 0.3 is 0 Å². The van der Waals surface area contributed by atoms with Gasteiger partial charge in [0.05, 0.1) is 0 Å². The largest absolute Gasteiger partial charge is 0.370 e. The zero-order valence-corrected chi connectivity index (χ0v) is 13.7. The molecule has 0 radical (unpaired) electrons. The Kier molecular flexibility index (Phi) is 4.21. The number of hydrogen-bond donors (Lipinski definition) is 1. The maximum atomic E-state index is 4.87. The molecule has 1 aromatic heterocycles. The fourth-order valence-electron chi connectivity index (χ4n) is 2.88. The van der Waals surface area contributed by atoms with E-state index in [1.54, 1.807) is 0 Å². The van der Waals surface area contributed by atoms with Crippen molar-refractivity contribution in [3.63, 3.8) is 0 Å². The van der Waals surface area contributed by atoms with Gasteiger partial charge in [-0.25, -0.2) is 9.97 Å². The van der Waals surface area contributed by atoms with Crippen molar-refractivity contribution in [3.8, 4) is 0 Å². The molecule has 1 aromatic rings. The summed E-state index contributed by atoms with van der Waals surface area (Å²) in [5.41, 5.74) is 1.36. The molecule has 0 bridgehead atoms. The summed E-state index contributed by atoms with van der Waals surface area (Å²) in [6, 6.07) is 0. The molecule has 0 unspecified atom stereocenters. The van der Waals surface area contributed by atoms with Crippen LogP contribution in [-0.4, -0.2) is 28.6 Å². The van der Waals surface area contributed by atoms with Gasteiger partial charge < -0.3 is 10.2 Å². The van der Waals surface area contributed by atoms with Crippen molar-refractivity contribution in [3.05, 3.63) is 11.4 Å². The maximum Gasteiger partial charge on any atom is 0.137 e.